The number of benzene rings is 2. The summed E-state index contributed by atoms with van der Waals surface area (Å²) in [5.41, 5.74) is 1.000. The lowest BCUT2D eigenvalue weighted by Gasteiger charge is -2.14. The minimum Gasteiger partial charge on any atom is -0.319 e. The third-order valence-corrected chi connectivity index (χ3v) is 5.44. The van der Waals surface area contributed by atoms with Crippen LogP contribution in [-0.2, 0) is 0 Å². The first-order chi connectivity index (χ1) is 14.8. The van der Waals surface area contributed by atoms with Gasteiger partial charge < -0.3 is 9.88 Å². The predicted octanol–water partition coefficient (Wildman–Crippen LogP) is 6.70. The number of carbonyl (C=O) groups is 1. The van der Waals surface area contributed by atoms with E-state index in [1.54, 1.807) is 19.1 Å². The van der Waals surface area contributed by atoms with Crippen LogP contribution in [-0.4, -0.2) is 15.5 Å². The number of hydrogen-bond acceptors (Lipinski definition) is 2. The summed E-state index contributed by atoms with van der Waals surface area (Å²) >= 11 is 12.1. The van der Waals surface area contributed by atoms with Crippen LogP contribution in [0.15, 0.2) is 55.0 Å². The molecule has 0 aliphatic carbocycles. The molecule has 158 valence electrons. The van der Waals surface area contributed by atoms with E-state index in [0.29, 0.717) is 16.5 Å². The van der Waals surface area contributed by atoms with Gasteiger partial charge in [0.05, 0.1) is 21.2 Å². The van der Waals surface area contributed by atoms with Gasteiger partial charge in [0.15, 0.2) is 11.6 Å². The van der Waals surface area contributed by atoms with Crippen LogP contribution in [0.1, 0.15) is 27.8 Å². The Labute approximate surface area is 185 Å². The first-order valence-corrected chi connectivity index (χ1v) is 9.83. The molecule has 0 bridgehead atoms. The van der Waals surface area contributed by atoms with Crippen molar-refractivity contribution in [3.05, 3.63) is 93.4 Å². The smallest absolute Gasteiger partial charge is 0.255 e. The number of carbonyl (C=O) groups excluding carboxylic acids is 1. The maximum atomic E-state index is 15.3. The highest BCUT2D eigenvalue weighted by atomic mass is 35.5. The Morgan fingerprint density at radius 3 is 2.55 bits per heavy atom. The van der Waals surface area contributed by atoms with Crippen molar-refractivity contribution in [1.82, 2.24) is 9.55 Å². The molecule has 4 nitrogen and oxygen atoms in total. The Bertz CT molecular complexity index is 1300. The molecule has 0 fully saturated rings. The largest absolute Gasteiger partial charge is 0.319 e. The summed E-state index contributed by atoms with van der Waals surface area (Å²) in [6.07, 6.45) is 2.16. The molecule has 2 aromatic carbocycles. The zero-order valence-electron chi connectivity index (χ0n) is 16.0. The first kappa shape index (κ1) is 21.2. The summed E-state index contributed by atoms with van der Waals surface area (Å²) < 4.78 is 44.1. The lowest BCUT2D eigenvalue weighted by atomic mass is 10.1. The van der Waals surface area contributed by atoms with Crippen LogP contribution in [0, 0.1) is 18.6 Å². The molecule has 31 heavy (non-hydrogen) atoms. The predicted molar refractivity (Wildman–Crippen MR) is 114 cm³/mol. The third-order valence-electron chi connectivity index (χ3n) is 4.87. The number of nitrogens with zero attached hydrogens (tertiary/aromatic N) is 2. The van der Waals surface area contributed by atoms with Crippen LogP contribution in [0.2, 0.25) is 10.0 Å². The fraction of sp³-hybridized carbons (Fsp3) is 0.0909. The van der Waals surface area contributed by atoms with E-state index in [2.05, 4.69) is 10.3 Å². The molecule has 1 unspecified atom stereocenters. The highest BCUT2D eigenvalue weighted by molar-refractivity contribution is 6.39. The Kier molecular flexibility index (Phi) is 5.64. The summed E-state index contributed by atoms with van der Waals surface area (Å²) in [5.74, 6) is -2.93. The summed E-state index contributed by atoms with van der Waals surface area (Å²) in [7, 11) is 0. The van der Waals surface area contributed by atoms with Crippen LogP contribution >= 0.6 is 23.2 Å². The third kappa shape index (κ3) is 3.86. The second-order valence-corrected chi connectivity index (χ2v) is 7.68. The molecule has 1 atom stereocenters. The normalized spacial score (nSPS) is 12.2. The van der Waals surface area contributed by atoms with Gasteiger partial charge in [0.25, 0.3) is 5.91 Å². The second kappa shape index (κ2) is 8.24. The van der Waals surface area contributed by atoms with Gasteiger partial charge in [-0.2, -0.15) is 0 Å². The number of pyridine rings is 1. The van der Waals surface area contributed by atoms with Crippen LogP contribution in [0.25, 0.3) is 10.9 Å². The second-order valence-electron chi connectivity index (χ2n) is 6.86. The van der Waals surface area contributed by atoms with E-state index in [-0.39, 0.29) is 21.3 Å². The van der Waals surface area contributed by atoms with E-state index >= 15 is 4.39 Å². The summed E-state index contributed by atoms with van der Waals surface area (Å²) in [4.78, 5) is 16.6. The van der Waals surface area contributed by atoms with Crippen LogP contribution in [0.4, 0.5) is 18.9 Å². The van der Waals surface area contributed by atoms with Crippen LogP contribution in [0.3, 0.4) is 0 Å². The van der Waals surface area contributed by atoms with Gasteiger partial charge >= 0.3 is 0 Å². The number of amides is 1. The highest BCUT2D eigenvalue weighted by Crippen LogP contribution is 2.32. The van der Waals surface area contributed by atoms with Gasteiger partial charge in [-0.25, -0.2) is 13.2 Å². The highest BCUT2D eigenvalue weighted by Gasteiger charge is 2.22. The molecule has 4 rings (SSSR count). The molecular formula is C22H14Cl2F3N3O. The molecule has 0 aliphatic heterocycles. The maximum Gasteiger partial charge on any atom is 0.255 e. The van der Waals surface area contributed by atoms with Crippen molar-refractivity contribution in [3.63, 3.8) is 0 Å². The van der Waals surface area contributed by atoms with E-state index in [1.807, 2.05) is 0 Å². The quantitative estimate of drug-likeness (QED) is 0.366. The van der Waals surface area contributed by atoms with Crippen molar-refractivity contribution < 1.29 is 18.0 Å². The van der Waals surface area contributed by atoms with Crippen LogP contribution in [0.5, 0.6) is 0 Å². The van der Waals surface area contributed by atoms with Gasteiger partial charge in [-0.05, 0) is 30.7 Å². The summed E-state index contributed by atoms with van der Waals surface area (Å²) in [6, 6.07) is 8.01. The average molecular weight is 464 g/mol. The molecule has 4 aromatic rings. The molecule has 0 aliphatic rings. The number of hydrogen-bond donors (Lipinski definition) is 1. The zero-order chi connectivity index (χ0) is 22.3. The topological polar surface area (TPSA) is 46.9 Å². The number of halogens is 5. The van der Waals surface area contributed by atoms with Crippen LogP contribution < -0.4 is 5.32 Å². The minimum absolute atomic E-state index is 0.159. The molecule has 0 saturated carbocycles. The van der Waals surface area contributed by atoms with Gasteiger partial charge in [-0.15, -0.1) is 0 Å². The molecule has 0 spiro atoms. The van der Waals surface area contributed by atoms with Gasteiger partial charge in [0.1, 0.15) is 0 Å². The Morgan fingerprint density at radius 2 is 1.84 bits per heavy atom. The van der Waals surface area contributed by atoms with Crippen molar-refractivity contribution in [3.8, 4) is 0 Å². The molecule has 0 radical (unpaired) electrons. The maximum absolute atomic E-state index is 15.3. The number of rotatable bonds is 4. The lowest BCUT2D eigenvalue weighted by Crippen LogP contribution is -2.13. The van der Waals surface area contributed by atoms with Gasteiger partial charge in [0, 0.05) is 35.1 Å². The minimum atomic E-state index is -1.99. The van der Waals surface area contributed by atoms with Gasteiger partial charge in [0.2, 0.25) is 6.30 Å². The molecule has 2 aromatic heterocycles. The lowest BCUT2D eigenvalue weighted by molar-refractivity contribution is 0.102. The van der Waals surface area contributed by atoms with Crippen molar-refractivity contribution in [1.29, 1.82) is 0 Å². The standard InChI is InChI=1S/C22H14Cl2F3N3O/c1-11-10-30(21(27)14-3-2-4-17(25)19(14)26)18-7-12(5-6-13(11)18)22(31)29-20-15(23)8-28-9-16(20)24/h2-10,21H,1H3,(H,28,29,31). The van der Waals surface area contributed by atoms with Gasteiger partial charge in [-0.3, -0.25) is 9.78 Å². The first-order valence-electron chi connectivity index (χ1n) is 9.07. The number of anilines is 1. The van der Waals surface area contributed by atoms with Gasteiger partial charge in [-0.1, -0.05) is 41.4 Å². The van der Waals surface area contributed by atoms with Crippen molar-refractivity contribution in [2.24, 2.45) is 0 Å². The molecule has 9 heteroatoms. The number of aryl methyl sites for hydroxylation is 1. The average Bonchev–Trinajstić information content (AvgIpc) is 3.08. The van der Waals surface area contributed by atoms with E-state index in [1.165, 1.54) is 36.8 Å². The van der Waals surface area contributed by atoms with Crippen molar-refractivity contribution in [2.45, 2.75) is 13.2 Å². The molecular weight excluding hydrogens is 450 g/mol. The van der Waals surface area contributed by atoms with E-state index < -0.39 is 29.4 Å². The van der Waals surface area contributed by atoms with Crippen molar-refractivity contribution in [2.75, 3.05) is 5.32 Å². The van der Waals surface area contributed by atoms with E-state index in [9.17, 15) is 13.6 Å². The number of alkyl halides is 1. The summed E-state index contributed by atoms with van der Waals surface area (Å²) in [5, 5.41) is 3.59. The Hall–Kier alpha value is -3.03. The fourth-order valence-electron chi connectivity index (χ4n) is 3.33. The Morgan fingerprint density at radius 1 is 1.13 bits per heavy atom. The zero-order valence-corrected chi connectivity index (χ0v) is 17.5. The monoisotopic (exact) mass is 463 g/mol. The van der Waals surface area contributed by atoms with E-state index in [4.69, 9.17) is 23.2 Å². The SMILES string of the molecule is Cc1cn(C(F)c2cccc(F)c2F)c2cc(C(=O)Nc3c(Cl)cncc3Cl)ccc12. The number of aromatic nitrogens is 2. The van der Waals surface area contributed by atoms with E-state index in [0.717, 1.165) is 10.6 Å². The molecule has 1 amide bonds. The number of nitrogens with one attached hydrogen (secondary N) is 1. The summed E-state index contributed by atoms with van der Waals surface area (Å²) in [6.45, 7) is 1.75. The van der Waals surface area contributed by atoms with Crippen molar-refractivity contribution >= 4 is 45.7 Å². The number of fused-ring (bicyclic) bond motifs is 1. The Balaban J connectivity index is 1.75. The molecule has 2 heterocycles. The molecule has 0 saturated heterocycles. The fourth-order valence-corrected chi connectivity index (χ4v) is 3.79. The molecule has 1 N–H and O–H groups in total.